The highest BCUT2D eigenvalue weighted by atomic mass is 79.9. The van der Waals surface area contributed by atoms with Gasteiger partial charge in [-0.1, -0.05) is 39.7 Å². The number of halogens is 3. The Morgan fingerprint density at radius 3 is 2.44 bits per heavy atom. The van der Waals surface area contributed by atoms with Crippen LogP contribution in [0.2, 0.25) is 5.02 Å². The lowest BCUT2D eigenvalue weighted by molar-refractivity contribution is 0.617. The molecule has 0 aliphatic heterocycles. The molecule has 0 aliphatic rings. The summed E-state index contributed by atoms with van der Waals surface area (Å²) in [7, 11) is 0. The van der Waals surface area contributed by atoms with Gasteiger partial charge < -0.3 is 5.73 Å². The average Bonchev–Trinajstić information content (AvgIpc) is 2.31. The fraction of sp³-hybridized carbons (Fsp3) is 0.143. The second kappa shape index (κ2) is 5.83. The van der Waals surface area contributed by atoms with Crippen molar-refractivity contribution in [3.63, 3.8) is 0 Å². The van der Waals surface area contributed by atoms with Gasteiger partial charge in [-0.15, -0.1) is 0 Å². The fourth-order valence-electron chi connectivity index (χ4n) is 1.78. The predicted octanol–water partition coefficient (Wildman–Crippen LogP) is 4.48. The molecule has 0 aromatic heterocycles. The number of hydrogen-bond donors (Lipinski definition) is 1. The summed E-state index contributed by atoms with van der Waals surface area (Å²) in [6.45, 7) is 0. The van der Waals surface area contributed by atoms with E-state index in [1.54, 1.807) is 0 Å². The van der Waals surface area contributed by atoms with E-state index < -0.39 is 0 Å². The van der Waals surface area contributed by atoms with Crippen molar-refractivity contribution in [2.75, 3.05) is 0 Å². The third kappa shape index (κ3) is 3.55. The summed E-state index contributed by atoms with van der Waals surface area (Å²) in [5, 5.41) is 0.695. The van der Waals surface area contributed by atoms with Gasteiger partial charge in [0, 0.05) is 15.5 Å². The topological polar surface area (TPSA) is 26.0 Å². The SMILES string of the molecule is NC(Cc1ccc(Cl)cc1)c1cc(F)cc(Br)c1. The van der Waals surface area contributed by atoms with E-state index in [1.165, 1.54) is 12.1 Å². The van der Waals surface area contributed by atoms with Crippen molar-refractivity contribution < 1.29 is 4.39 Å². The Hall–Kier alpha value is -0.900. The maximum atomic E-state index is 13.3. The highest BCUT2D eigenvalue weighted by Crippen LogP contribution is 2.22. The Bertz CT molecular complexity index is 522. The van der Waals surface area contributed by atoms with Crippen LogP contribution in [0.5, 0.6) is 0 Å². The average molecular weight is 329 g/mol. The summed E-state index contributed by atoms with van der Waals surface area (Å²) < 4.78 is 14.0. The molecule has 0 aliphatic carbocycles. The molecule has 0 fully saturated rings. The normalized spacial score (nSPS) is 12.4. The number of rotatable bonds is 3. The van der Waals surface area contributed by atoms with Crippen LogP contribution in [-0.2, 0) is 6.42 Å². The highest BCUT2D eigenvalue weighted by molar-refractivity contribution is 9.10. The summed E-state index contributed by atoms with van der Waals surface area (Å²) in [6, 6.07) is 12.0. The van der Waals surface area contributed by atoms with Gasteiger partial charge in [-0.25, -0.2) is 4.39 Å². The van der Waals surface area contributed by atoms with Gasteiger partial charge in [0.1, 0.15) is 5.82 Å². The van der Waals surface area contributed by atoms with Crippen LogP contribution in [0.3, 0.4) is 0 Å². The molecule has 94 valence electrons. The minimum Gasteiger partial charge on any atom is -0.324 e. The molecule has 2 N–H and O–H groups in total. The zero-order chi connectivity index (χ0) is 13.1. The van der Waals surface area contributed by atoms with Crippen LogP contribution >= 0.6 is 27.5 Å². The zero-order valence-corrected chi connectivity index (χ0v) is 11.9. The molecule has 0 radical (unpaired) electrons. The van der Waals surface area contributed by atoms with Crippen LogP contribution in [0.1, 0.15) is 17.2 Å². The molecule has 2 aromatic rings. The minimum absolute atomic E-state index is 0.238. The standard InChI is InChI=1S/C14H12BrClFN/c15-11-6-10(7-13(17)8-11)14(18)5-9-1-3-12(16)4-2-9/h1-4,6-8,14H,5,18H2. The lowest BCUT2D eigenvalue weighted by atomic mass is 10.00. The molecule has 1 nitrogen and oxygen atoms in total. The summed E-state index contributed by atoms with van der Waals surface area (Å²) >= 11 is 9.08. The van der Waals surface area contributed by atoms with Crippen molar-refractivity contribution in [1.82, 2.24) is 0 Å². The summed E-state index contributed by atoms with van der Waals surface area (Å²) in [5.74, 6) is -0.286. The molecule has 2 rings (SSSR count). The molecule has 0 spiro atoms. The zero-order valence-electron chi connectivity index (χ0n) is 9.54. The van der Waals surface area contributed by atoms with Gasteiger partial charge in [0.25, 0.3) is 0 Å². The van der Waals surface area contributed by atoms with Crippen LogP contribution in [0.15, 0.2) is 46.9 Å². The van der Waals surface area contributed by atoms with Gasteiger partial charge in [0.15, 0.2) is 0 Å². The maximum Gasteiger partial charge on any atom is 0.124 e. The first-order chi connectivity index (χ1) is 8.54. The third-order valence-corrected chi connectivity index (χ3v) is 3.39. The largest absolute Gasteiger partial charge is 0.324 e. The van der Waals surface area contributed by atoms with Gasteiger partial charge in [-0.05, 0) is 47.9 Å². The first kappa shape index (κ1) is 13.5. The minimum atomic E-state index is -0.286. The molecule has 0 saturated heterocycles. The van der Waals surface area contributed by atoms with Crippen LogP contribution in [-0.4, -0.2) is 0 Å². The van der Waals surface area contributed by atoms with Gasteiger partial charge in [0.2, 0.25) is 0 Å². The Balaban J connectivity index is 2.16. The van der Waals surface area contributed by atoms with Crippen molar-refractivity contribution in [3.05, 3.63) is 68.9 Å². The van der Waals surface area contributed by atoms with E-state index in [-0.39, 0.29) is 11.9 Å². The van der Waals surface area contributed by atoms with Gasteiger partial charge >= 0.3 is 0 Å². The second-order valence-corrected chi connectivity index (χ2v) is 5.49. The van der Waals surface area contributed by atoms with Crippen LogP contribution < -0.4 is 5.73 Å². The first-order valence-corrected chi connectivity index (χ1v) is 6.68. The molecule has 0 heterocycles. The monoisotopic (exact) mass is 327 g/mol. The van der Waals surface area contributed by atoms with Crippen molar-refractivity contribution in [2.45, 2.75) is 12.5 Å². The predicted molar refractivity (Wildman–Crippen MR) is 76.2 cm³/mol. The second-order valence-electron chi connectivity index (χ2n) is 4.14. The Labute approximate surface area is 119 Å². The molecule has 2 aromatic carbocycles. The number of benzene rings is 2. The molecule has 1 atom stereocenters. The van der Waals surface area contributed by atoms with E-state index in [0.29, 0.717) is 15.9 Å². The lowest BCUT2D eigenvalue weighted by Crippen LogP contribution is -2.13. The van der Waals surface area contributed by atoms with E-state index in [4.69, 9.17) is 17.3 Å². The molecule has 0 saturated carbocycles. The molecule has 0 bridgehead atoms. The molecular weight excluding hydrogens is 317 g/mol. The first-order valence-electron chi connectivity index (χ1n) is 5.50. The lowest BCUT2D eigenvalue weighted by Gasteiger charge is -2.13. The number of hydrogen-bond acceptors (Lipinski definition) is 1. The van der Waals surface area contributed by atoms with E-state index in [9.17, 15) is 4.39 Å². The fourth-order valence-corrected chi connectivity index (χ4v) is 2.39. The van der Waals surface area contributed by atoms with Gasteiger partial charge in [-0.2, -0.15) is 0 Å². The molecule has 0 amide bonds. The van der Waals surface area contributed by atoms with Crippen LogP contribution in [0.4, 0.5) is 4.39 Å². The number of nitrogens with two attached hydrogens (primary N) is 1. The summed E-state index contributed by atoms with van der Waals surface area (Å²) in [5.41, 5.74) is 7.93. The van der Waals surface area contributed by atoms with Gasteiger partial charge in [-0.3, -0.25) is 0 Å². The Kier molecular flexibility index (Phi) is 4.38. The molecular formula is C14H12BrClFN. The maximum absolute atomic E-state index is 13.3. The van der Waals surface area contributed by atoms with E-state index in [2.05, 4.69) is 15.9 Å². The molecule has 1 unspecified atom stereocenters. The van der Waals surface area contributed by atoms with Crippen LogP contribution in [0.25, 0.3) is 0 Å². The summed E-state index contributed by atoms with van der Waals surface area (Å²) in [4.78, 5) is 0. The van der Waals surface area contributed by atoms with Crippen molar-refractivity contribution >= 4 is 27.5 Å². The highest BCUT2D eigenvalue weighted by Gasteiger charge is 2.09. The van der Waals surface area contributed by atoms with E-state index in [0.717, 1.165) is 11.1 Å². The van der Waals surface area contributed by atoms with Crippen LogP contribution in [0, 0.1) is 5.82 Å². The third-order valence-electron chi connectivity index (χ3n) is 2.68. The Morgan fingerprint density at radius 2 is 1.83 bits per heavy atom. The van der Waals surface area contributed by atoms with Crippen molar-refractivity contribution in [2.24, 2.45) is 5.73 Å². The summed E-state index contributed by atoms with van der Waals surface area (Å²) in [6.07, 6.45) is 0.646. The van der Waals surface area contributed by atoms with Gasteiger partial charge in [0.05, 0.1) is 0 Å². The van der Waals surface area contributed by atoms with E-state index in [1.807, 2.05) is 30.3 Å². The molecule has 4 heteroatoms. The quantitative estimate of drug-likeness (QED) is 0.883. The Morgan fingerprint density at radius 1 is 1.17 bits per heavy atom. The van der Waals surface area contributed by atoms with E-state index >= 15 is 0 Å². The molecule has 18 heavy (non-hydrogen) atoms. The smallest absolute Gasteiger partial charge is 0.124 e. The van der Waals surface area contributed by atoms with Crippen molar-refractivity contribution in [3.8, 4) is 0 Å². The van der Waals surface area contributed by atoms with Crippen molar-refractivity contribution in [1.29, 1.82) is 0 Å².